The SMILES string of the molecule is COc1cc(O[C@@H]2OC(CO[C@@H]3OC[C@@H](O)[C@H](O)[C@H]3O)[C@@H](O)[C@H](O)[C@H]2O)c2c(-c3ccc(O)c(O)c3)cc(=O)oc2c1. The number of hydrogen-bond acceptors (Lipinski definition) is 15. The highest BCUT2D eigenvalue weighted by Gasteiger charge is 2.46. The summed E-state index contributed by atoms with van der Waals surface area (Å²) >= 11 is 0. The number of phenolic OH excluding ortho intramolecular Hbond substituents is 2. The summed E-state index contributed by atoms with van der Waals surface area (Å²) in [4.78, 5) is 12.4. The highest BCUT2D eigenvalue weighted by molar-refractivity contribution is 5.98. The maximum Gasteiger partial charge on any atom is 0.336 e. The summed E-state index contributed by atoms with van der Waals surface area (Å²) in [7, 11) is 1.35. The molecule has 8 N–H and O–H groups in total. The van der Waals surface area contributed by atoms with Gasteiger partial charge in [-0.1, -0.05) is 6.07 Å². The van der Waals surface area contributed by atoms with Gasteiger partial charge in [-0.2, -0.15) is 0 Å². The van der Waals surface area contributed by atoms with Crippen molar-refractivity contribution in [3.63, 3.8) is 0 Å². The molecule has 2 aliphatic rings. The van der Waals surface area contributed by atoms with Gasteiger partial charge in [-0.25, -0.2) is 4.79 Å². The molecular formula is C27H30O15. The van der Waals surface area contributed by atoms with Gasteiger partial charge in [0.25, 0.3) is 0 Å². The molecule has 15 nitrogen and oxygen atoms in total. The Labute approximate surface area is 236 Å². The number of phenols is 2. The Morgan fingerprint density at radius 3 is 2.31 bits per heavy atom. The largest absolute Gasteiger partial charge is 0.504 e. The van der Waals surface area contributed by atoms with Crippen molar-refractivity contribution in [2.24, 2.45) is 0 Å². The number of rotatable bonds is 7. The topological polar surface area (TPSA) is 238 Å². The number of benzene rings is 2. The van der Waals surface area contributed by atoms with E-state index in [1.165, 1.54) is 37.4 Å². The van der Waals surface area contributed by atoms with Crippen LogP contribution in [0.3, 0.4) is 0 Å². The molecule has 0 spiro atoms. The zero-order valence-corrected chi connectivity index (χ0v) is 22.0. The molecule has 15 heteroatoms. The predicted octanol–water partition coefficient (Wildman–Crippen LogP) is -1.48. The molecule has 0 saturated carbocycles. The van der Waals surface area contributed by atoms with Gasteiger partial charge >= 0.3 is 5.63 Å². The van der Waals surface area contributed by atoms with Crippen LogP contribution in [0.2, 0.25) is 0 Å². The highest BCUT2D eigenvalue weighted by Crippen LogP contribution is 2.41. The predicted molar refractivity (Wildman–Crippen MR) is 139 cm³/mol. The van der Waals surface area contributed by atoms with E-state index in [2.05, 4.69) is 0 Å². The fraction of sp³-hybridized carbons (Fsp3) is 0.444. The van der Waals surface area contributed by atoms with Crippen molar-refractivity contribution in [3.8, 4) is 34.1 Å². The smallest absolute Gasteiger partial charge is 0.336 e. The molecule has 2 fully saturated rings. The van der Waals surface area contributed by atoms with Crippen LogP contribution in [0.1, 0.15) is 0 Å². The van der Waals surface area contributed by atoms with E-state index in [4.69, 9.17) is 28.1 Å². The average molecular weight is 595 g/mol. The Bertz CT molecular complexity index is 1470. The molecule has 2 saturated heterocycles. The number of methoxy groups -OCH3 is 1. The molecule has 3 aromatic rings. The molecule has 0 amide bonds. The molecule has 2 aliphatic heterocycles. The van der Waals surface area contributed by atoms with Gasteiger partial charge in [0.15, 0.2) is 17.8 Å². The van der Waals surface area contributed by atoms with E-state index in [0.717, 1.165) is 6.07 Å². The van der Waals surface area contributed by atoms with Gasteiger partial charge in [0.1, 0.15) is 59.8 Å². The fourth-order valence-electron chi connectivity index (χ4n) is 4.76. The maximum atomic E-state index is 12.4. The van der Waals surface area contributed by atoms with Crippen molar-refractivity contribution in [1.82, 2.24) is 0 Å². The van der Waals surface area contributed by atoms with Crippen LogP contribution in [0.4, 0.5) is 0 Å². The third-order valence-electron chi connectivity index (χ3n) is 7.09. The summed E-state index contributed by atoms with van der Waals surface area (Å²) in [5.41, 5.74) is -0.249. The van der Waals surface area contributed by atoms with Crippen LogP contribution in [0.25, 0.3) is 22.1 Å². The number of fused-ring (bicyclic) bond motifs is 1. The molecule has 1 aromatic heterocycles. The summed E-state index contributed by atoms with van der Waals surface area (Å²) < 4.78 is 32.9. The third-order valence-corrected chi connectivity index (χ3v) is 7.09. The van der Waals surface area contributed by atoms with E-state index in [1.807, 2.05) is 0 Å². The lowest BCUT2D eigenvalue weighted by atomic mass is 9.98. The molecule has 0 aliphatic carbocycles. The van der Waals surface area contributed by atoms with Gasteiger partial charge in [-0.05, 0) is 17.7 Å². The second-order valence-electron chi connectivity index (χ2n) is 9.90. The lowest BCUT2D eigenvalue weighted by molar-refractivity contribution is -0.307. The molecular weight excluding hydrogens is 564 g/mol. The second kappa shape index (κ2) is 12.0. The molecule has 1 unspecified atom stereocenters. The normalized spacial score (nSPS) is 31.6. The molecule has 5 rings (SSSR count). The monoisotopic (exact) mass is 594 g/mol. The van der Waals surface area contributed by atoms with Crippen molar-refractivity contribution in [3.05, 3.63) is 46.8 Å². The van der Waals surface area contributed by atoms with E-state index in [1.54, 1.807) is 0 Å². The molecule has 3 heterocycles. The zero-order chi connectivity index (χ0) is 30.3. The van der Waals surface area contributed by atoms with E-state index in [-0.39, 0.29) is 40.4 Å². The molecule has 9 atom stereocenters. The van der Waals surface area contributed by atoms with Crippen molar-refractivity contribution in [1.29, 1.82) is 0 Å². The quantitative estimate of drug-likeness (QED) is 0.115. The van der Waals surface area contributed by atoms with E-state index in [0.29, 0.717) is 5.56 Å². The van der Waals surface area contributed by atoms with Gasteiger partial charge in [0.05, 0.1) is 25.7 Å². The van der Waals surface area contributed by atoms with Crippen molar-refractivity contribution in [2.75, 3.05) is 20.3 Å². The number of hydrogen-bond donors (Lipinski definition) is 8. The highest BCUT2D eigenvalue weighted by atomic mass is 16.7. The summed E-state index contributed by atoms with van der Waals surface area (Å²) in [6.07, 6.45) is -14.1. The van der Waals surface area contributed by atoms with Gasteiger partial charge in [0.2, 0.25) is 6.29 Å². The van der Waals surface area contributed by atoms with Gasteiger partial charge in [-0.3, -0.25) is 0 Å². The number of aliphatic hydroxyl groups is 6. The summed E-state index contributed by atoms with van der Waals surface area (Å²) in [6.45, 7) is -0.828. The van der Waals surface area contributed by atoms with E-state index in [9.17, 15) is 45.6 Å². The van der Waals surface area contributed by atoms with Gasteiger partial charge in [-0.15, -0.1) is 0 Å². The first-order valence-electron chi connectivity index (χ1n) is 12.8. The standard InChI is InChI=1S/C27H30O15/c1-37-11-5-16-20(12(7-19(31)40-16)10-2-3-13(28)14(29)4-10)17(6-11)41-27-25(36)23(34)22(33)18(42-27)9-39-26-24(35)21(32)15(30)8-38-26/h2-7,15,18,21-30,32-36H,8-9H2,1H3/t15-,18?,21+,22-,23+,24-,25-,26+,27-/m1/s1. The minimum Gasteiger partial charge on any atom is -0.504 e. The van der Waals surface area contributed by atoms with Crippen LogP contribution < -0.4 is 15.1 Å². The minimum absolute atomic E-state index is 0.00522. The molecule has 2 aromatic carbocycles. The van der Waals surface area contributed by atoms with Crippen LogP contribution in [-0.2, 0) is 14.2 Å². The average Bonchev–Trinajstić information content (AvgIpc) is 2.97. The van der Waals surface area contributed by atoms with E-state index >= 15 is 0 Å². The van der Waals surface area contributed by atoms with Crippen LogP contribution in [0, 0.1) is 0 Å². The Balaban J connectivity index is 1.47. The Morgan fingerprint density at radius 1 is 0.857 bits per heavy atom. The minimum atomic E-state index is -1.79. The molecule has 42 heavy (non-hydrogen) atoms. The fourth-order valence-corrected chi connectivity index (χ4v) is 4.76. The first-order valence-corrected chi connectivity index (χ1v) is 12.8. The second-order valence-corrected chi connectivity index (χ2v) is 9.90. The molecule has 228 valence electrons. The Morgan fingerprint density at radius 2 is 1.60 bits per heavy atom. The zero-order valence-electron chi connectivity index (χ0n) is 22.0. The van der Waals surface area contributed by atoms with Crippen LogP contribution in [-0.4, -0.2) is 116 Å². The van der Waals surface area contributed by atoms with Gasteiger partial charge in [0, 0.05) is 23.8 Å². The Kier molecular flexibility index (Phi) is 8.56. The first-order chi connectivity index (χ1) is 20.0. The Hall–Kier alpha value is -3.51. The van der Waals surface area contributed by atoms with E-state index < -0.39 is 73.3 Å². The first kappa shape index (κ1) is 30.0. The molecule has 0 radical (unpaired) electrons. The van der Waals surface area contributed by atoms with Crippen LogP contribution in [0.15, 0.2) is 45.6 Å². The number of ether oxygens (including phenoxy) is 5. The lowest BCUT2D eigenvalue weighted by Crippen LogP contribution is -2.61. The lowest BCUT2D eigenvalue weighted by Gasteiger charge is -2.41. The number of aromatic hydroxyl groups is 2. The summed E-state index contributed by atoms with van der Waals surface area (Å²) in [6, 6.07) is 7.80. The summed E-state index contributed by atoms with van der Waals surface area (Å²) in [5, 5.41) is 81.4. The molecule has 0 bridgehead atoms. The third kappa shape index (κ3) is 5.74. The van der Waals surface area contributed by atoms with Crippen molar-refractivity contribution < 1.29 is 69.0 Å². The maximum absolute atomic E-state index is 12.4. The number of aliphatic hydroxyl groups excluding tert-OH is 6. The van der Waals surface area contributed by atoms with Crippen molar-refractivity contribution >= 4 is 11.0 Å². The van der Waals surface area contributed by atoms with Crippen molar-refractivity contribution in [2.45, 2.75) is 55.3 Å². The van der Waals surface area contributed by atoms with Gasteiger partial charge < -0.3 is 69.0 Å². The summed E-state index contributed by atoms with van der Waals surface area (Å²) in [5.74, 6) is -0.710. The van der Waals surface area contributed by atoms with Crippen LogP contribution >= 0.6 is 0 Å². The van der Waals surface area contributed by atoms with Crippen LogP contribution in [0.5, 0.6) is 23.0 Å².